The molecule has 0 saturated carbocycles. The number of amides is 5. The Kier molecular flexibility index (Phi) is 38.6. The predicted octanol–water partition coefficient (Wildman–Crippen LogP) is -0.567. The van der Waals surface area contributed by atoms with E-state index < -0.39 is 95.9 Å². The first-order valence-corrected chi connectivity index (χ1v) is 30.6. The zero-order chi connectivity index (χ0) is 66.2. The molecular formula is C60H95N7O24. The van der Waals surface area contributed by atoms with Crippen molar-refractivity contribution in [1.82, 2.24) is 30.5 Å². The maximum Gasteiger partial charge on any atom is 0.335 e. The molecule has 2 unspecified atom stereocenters. The highest BCUT2D eigenvalue weighted by Gasteiger charge is 2.45. The van der Waals surface area contributed by atoms with Gasteiger partial charge in [-0.05, 0) is 48.9 Å². The summed E-state index contributed by atoms with van der Waals surface area (Å²) in [7, 11) is 1.63. The van der Waals surface area contributed by atoms with E-state index in [2.05, 4.69) is 26.3 Å². The molecule has 1 aromatic carbocycles. The van der Waals surface area contributed by atoms with Crippen molar-refractivity contribution >= 4 is 47.2 Å². The van der Waals surface area contributed by atoms with Crippen LogP contribution in [-0.2, 0) is 126 Å². The first kappa shape index (κ1) is 77.4. The van der Waals surface area contributed by atoms with Gasteiger partial charge in [0.15, 0.2) is 6.10 Å². The highest BCUT2D eigenvalue weighted by Crippen LogP contribution is 2.30. The van der Waals surface area contributed by atoms with Gasteiger partial charge >= 0.3 is 11.9 Å². The van der Waals surface area contributed by atoms with Gasteiger partial charge in [-0.1, -0.05) is 32.1 Å². The number of hydrogen-bond donors (Lipinski definition) is 6. The molecule has 514 valence electrons. The first-order valence-electron chi connectivity index (χ1n) is 30.6. The number of carbonyl (C=O) groups excluding carboxylic acids is 6. The summed E-state index contributed by atoms with van der Waals surface area (Å²) in [5.74, 6) is -6.83. The van der Waals surface area contributed by atoms with Gasteiger partial charge in [0.05, 0.1) is 176 Å². The Morgan fingerprint density at radius 2 is 1.10 bits per heavy atom. The van der Waals surface area contributed by atoms with E-state index in [1.165, 1.54) is 18.5 Å². The number of esters is 1. The molecule has 4 rings (SSSR count). The van der Waals surface area contributed by atoms with Crippen LogP contribution in [0.5, 0.6) is 0 Å². The molecule has 91 heavy (non-hydrogen) atoms. The Labute approximate surface area is 530 Å². The molecule has 0 spiro atoms. The molecule has 1 fully saturated rings. The summed E-state index contributed by atoms with van der Waals surface area (Å²) in [6.07, 6.45) is -1.61. The fourth-order valence-electron chi connectivity index (χ4n) is 8.96. The molecule has 0 radical (unpaired) electrons. The molecule has 1 aromatic heterocycles. The molecule has 0 bridgehead atoms. The molecule has 2 aliphatic heterocycles. The molecule has 5 amide bonds. The van der Waals surface area contributed by atoms with Crippen LogP contribution in [0, 0.1) is 11.8 Å². The standard InChI is InChI=1S/C60H95N7O24/c1-41(2)53(59(75)61-43(4)57(73)62-47-9-7-46(40-90-44(5)68)45(37-47)8-10-50-42(3)54(71)55(72)56(91-50)60(76)77)63-58(74)49(67-51(69)11-12-52(67)70)38-48-39-66(65-64-48)13-14-79-17-18-81-21-22-83-25-26-85-29-30-87-33-34-89-36-35-88-32-31-86-28-27-84-24-23-82-20-19-80-16-15-78-6/h7,9,11-12,37,39,41-43,49-50,53-56,71-72H,8,10,13-36,38,40H2,1-6H3,(H,61,75)(H,62,73)(H,63,74)(H,76,77)/t42?,43-,49?,50-,53-,54+,55-,56-/m0/s1. The van der Waals surface area contributed by atoms with E-state index >= 15 is 0 Å². The van der Waals surface area contributed by atoms with Gasteiger partial charge in [-0.25, -0.2) is 9.48 Å². The Balaban J connectivity index is 1.07. The number of hydrogen-bond acceptors (Lipinski definition) is 25. The number of nitrogens with one attached hydrogen (secondary N) is 3. The zero-order valence-corrected chi connectivity index (χ0v) is 53.2. The van der Waals surface area contributed by atoms with E-state index in [1.807, 2.05) is 0 Å². The lowest BCUT2D eigenvalue weighted by atomic mass is 9.85. The summed E-state index contributed by atoms with van der Waals surface area (Å²) >= 11 is 0. The number of aliphatic carboxylic acids is 1. The Morgan fingerprint density at radius 3 is 1.55 bits per heavy atom. The third kappa shape index (κ3) is 30.5. The van der Waals surface area contributed by atoms with Crippen molar-refractivity contribution < 1.29 is 115 Å². The van der Waals surface area contributed by atoms with Crippen LogP contribution >= 0.6 is 0 Å². The zero-order valence-electron chi connectivity index (χ0n) is 53.2. The van der Waals surface area contributed by atoms with E-state index in [0.717, 1.165) is 17.1 Å². The molecule has 1 saturated heterocycles. The number of methoxy groups -OCH3 is 1. The SMILES string of the molecule is COCCOCCOCCOCCOCCOCCOCCOCCOCCOCCOCCOCCn1cc(CC(C(=O)N[C@H](C(=O)N[C@@H](C)C(=O)Nc2ccc(COC(C)=O)c(CC[C@@H]3O[C@H](C(=O)O)[C@@H](O)[C@H](O)C3C)c2)C(C)C)N2C(=O)C=CC2=O)nn1. The number of aliphatic hydroxyl groups excluding tert-OH is 2. The van der Waals surface area contributed by atoms with E-state index in [9.17, 15) is 48.9 Å². The topological polar surface area (TPSA) is 379 Å². The summed E-state index contributed by atoms with van der Waals surface area (Å²) in [5.41, 5.74) is 1.74. The molecule has 6 N–H and O–H groups in total. The molecule has 8 atom stereocenters. The lowest BCUT2D eigenvalue weighted by Gasteiger charge is -2.40. The van der Waals surface area contributed by atoms with Gasteiger partial charge in [-0.3, -0.25) is 33.7 Å². The first-order chi connectivity index (χ1) is 43.9. The summed E-state index contributed by atoms with van der Waals surface area (Å²) in [6, 6.07) is 0.975. The predicted molar refractivity (Wildman–Crippen MR) is 320 cm³/mol. The van der Waals surface area contributed by atoms with Gasteiger partial charge in [0.1, 0.15) is 30.8 Å². The number of carboxylic acid groups (broad SMARTS) is 1. The maximum absolute atomic E-state index is 14.1. The quantitative estimate of drug-likeness (QED) is 0.0274. The van der Waals surface area contributed by atoms with Crippen LogP contribution in [0.1, 0.15) is 57.9 Å². The van der Waals surface area contributed by atoms with Crippen molar-refractivity contribution in [3.63, 3.8) is 0 Å². The molecule has 0 aliphatic carbocycles. The van der Waals surface area contributed by atoms with Crippen LogP contribution in [0.3, 0.4) is 0 Å². The third-order valence-electron chi connectivity index (χ3n) is 14.0. The number of anilines is 1. The van der Waals surface area contributed by atoms with Crippen molar-refractivity contribution in [3.05, 3.63) is 53.4 Å². The lowest BCUT2D eigenvalue weighted by Crippen LogP contribution is -2.58. The van der Waals surface area contributed by atoms with E-state index in [0.29, 0.717) is 156 Å². The molecule has 2 aromatic rings. The Bertz CT molecular complexity index is 2470. The second kappa shape index (κ2) is 45.3. The average molecular weight is 1300 g/mol. The number of imide groups is 1. The van der Waals surface area contributed by atoms with E-state index in [1.54, 1.807) is 52.3 Å². The monoisotopic (exact) mass is 1300 g/mol. The minimum atomic E-state index is -1.64. The van der Waals surface area contributed by atoms with Crippen molar-refractivity contribution in [3.8, 4) is 0 Å². The number of nitrogens with zero attached hydrogens (tertiary/aromatic N) is 4. The minimum Gasteiger partial charge on any atom is -0.479 e. The van der Waals surface area contributed by atoms with Crippen molar-refractivity contribution in [1.29, 1.82) is 0 Å². The smallest absolute Gasteiger partial charge is 0.335 e. The van der Waals surface area contributed by atoms with Crippen LogP contribution in [0.25, 0.3) is 0 Å². The molecule has 31 heteroatoms. The lowest BCUT2D eigenvalue weighted by molar-refractivity contribution is -0.210. The van der Waals surface area contributed by atoms with E-state index in [-0.39, 0.29) is 51.3 Å². The summed E-state index contributed by atoms with van der Waals surface area (Å²) in [6.45, 7) is 17.8. The van der Waals surface area contributed by atoms with Crippen molar-refractivity contribution in [2.75, 3.05) is 164 Å². The minimum absolute atomic E-state index is 0.114. The molecule has 2 aliphatic rings. The van der Waals surface area contributed by atoms with Gasteiger partial charge in [-0.15, -0.1) is 5.10 Å². The van der Waals surface area contributed by atoms with Crippen molar-refractivity contribution in [2.24, 2.45) is 11.8 Å². The summed E-state index contributed by atoms with van der Waals surface area (Å²) < 4.78 is 77.8. The van der Waals surface area contributed by atoms with E-state index in [4.69, 9.17) is 66.3 Å². The number of benzene rings is 1. The highest BCUT2D eigenvalue weighted by atomic mass is 16.6. The van der Waals surface area contributed by atoms with Crippen molar-refractivity contribution in [2.45, 2.75) is 110 Å². The van der Waals surface area contributed by atoms with Crippen LogP contribution in [0.15, 0.2) is 36.5 Å². The number of ether oxygens (including phenoxy) is 14. The number of rotatable bonds is 52. The largest absolute Gasteiger partial charge is 0.479 e. The third-order valence-corrected chi connectivity index (χ3v) is 14.0. The fraction of sp³-hybridized carbons (Fsp3) is 0.717. The van der Waals surface area contributed by atoms with Gasteiger partial charge in [-0.2, -0.15) is 0 Å². The number of aliphatic hydroxyl groups is 2. The summed E-state index contributed by atoms with van der Waals surface area (Å²) in [5, 5.41) is 46.7. The van der Waals surface area contributed by atoms with Gasteiger partial charge < -0.3 is 97.6 Å². The molecule has 31 nitrogen and oxygen atoms in total. The molecule has 3 heterocycles. The number of aromatic nitrogens is 3. The van der Waals surface area contributed by atoms with Crippen LogP contribution in [-0.4, -0.2) is 278 Å². The van der Waals surface area contributed by atoms with Crippen LogP contribution < -0.4 is 16.0 Å². The number of carbonyl (C=O) groups is 7. The number of carboxylic acids is 1. The second-order valence-electron chi connectivity index (χ2n) is 21.3. The average Bonchev–Trinajstić information content (AvgIpc) is 1.81. The normalized spacial score (nSPS) is 18.4. The van der Waals surface area contributed by atoms with Crippen LogP contribution in [0.4, 0.5) is 5.69 Å². The Morgan fingerprint density at radius 1 is 0.626 bits per heavy atom. The second-order valence-corrected chi connectivity index (χ2v) is 21.3. The molecular weight excluding hydrogens is 1200 g/mol. The summed E-state index contributed by atoms with van der Waals surface area (Å²) in [4.78, 5) is 91.6. The highest BCUT2D eigenvalue weighted by molar-refractivity contribution is 6.15. The maximum atomic E-state index is 14.1. The number of aryl methyl sites for hydroxylation is 1. The van der Waals surface area contributed by atoms with Gasteiger partial charge in [0, 0.05) is 50.4 Å². The van der Waals surface area contributed by atoms with Gasteiger partial charge in [0.25, 0.3) is 11.8 Å². The van der Waals surface area contributed by atoms with Crippen LogP contribution in [0.2, 0.25) is 0 Å². The fourth-order valence-corrected chi connectivity index (χ4v) is 8.96. The Hall–Kier alpha value is -6.01. The van der Waals surface area contributed by atoms with Gasteiger partial charge in [0.2, 0.25) is 17.7 Å².